The summed E-state index contributed by atoms with van der Waals surface area (Å²) >= 11 is 6.11. The maximum absolute atomic E-state index is 6.26. The van der Waals surface area contributed by atoms with Crippen molar-refractivity contribution in [3.05, 3.63) is 40.9 Å². The largest absolute Gasteiger partial charge is 0.493 e. The minimum absolute atomic E-state index is 0.391. The van der Waals surface area contributed by atoms with E-state index in [2.05, 4.69) is 10.1 Å². The highest BCUT2D eigenvalue weighted by atomic mass is 35.5. The highest BCUT2D eigenvalue weighted by molar-refractivity contribution is 6.31. The molecule has 0 aromatic carbocycles. The van der Waals surface area contributed by atoms with Gasteiger partial charge in [0.2, 0.25) is 0 Å². The van der Waals surface area contributed by atoms with E-state index in [1.54, 1.807) is 36.4 Å². The molecule has 2 aromatic rings. The number of aryl methyl sites for hydroxylation is 1. The predicted molar refractivity (Wildman–Crippen MR) is 69.7 cm³/mol. The molecule has 18 heavy (non-hydrogen) atoms. The van der Waals surface area contributed by atoms with Crippen LogP contribution in [-0.2, 0) is 6.54 Å². The third-order valence-electron chi connectivity index (χ3n) is 2.80. The Balaban J connectivity index is 2.48. The number of hydrogen-bond donors (Lipinski definition) is 1. The number of nitrogens with two attached hydrogens (primary N) is 1. The highest BCUT2D eigenvalue weighted by Crippen LogP contribution is 2.31. The fraction of sp³-hybridized carbons (Fsp3) is 0.333. The maximum Gasteiger partial charge on any atom is 0.161 e. The molecule has 0 aliphatic rings. The first-order valence-electron chi connectivity index (χ1n) is 5.63. The monoisotopic (exact) mass is 266 g/mol. The predicted octanol–water partition coefficient (Wildman–Crippen LogP) is 2.01. The summed E-state index contributed by atoms with van der Waals surface area (Å²) in [4.78, 5) is 3.95. The van der Waals surface area contributed by atoms with E-state index in [9.17, 15) is 0 Å². The fourth-order valence-electron chi connectivity index (χ4n) is 1.89. The first kappa shape index (κ1) is 12.9. The van der Waals surface area contributed by atoms with Crippen LogP contribution >= 0.6 is 11.6 Å². The second-order valence-corrected chi connectivity index (χ2v) is 4.20. The van der Waals surface area contributed by atoms with Gasteiger partial charge in [0.1, 0.15) is 5.69 Å². The maximum atomic E-state index is 6.26. The Bertz CT molecular complexity index is 519. The van der Waals surface area contributed by atoms with Gasteiger partial charge >= 0.3 is 0 Å². The van der Waals surface area contributed by atoms with Crippen molar-refractivity contribution < 1.29 is 4.74 Å². The molecule has 0 aliphatic carbocycles. The van der Waals surface area contributed by atoms with E-state index in [1.807, 2.05) is 6.92 Å². The Labute approximate surface area is 111 Å². The lowest BCUT2D eigenvalue weighted by molar-refractivity contribution is 0.404. The van der Waals surface area contributed by atoms with Gasteiger partial charge in [-0.2, -0.15) is 5.10 Å². The Morgan fingerprint density at radius 2 is 2.28 bits per heavy atom. The summed E-state index contributed by atoms with van der Waals surface area (Å²) in [5.41, 5.74) is 7.88. The number of methoxy groups -OCH3 is 1. The van der Waals surface area contributed by atoms with Crippen molar-refractivity contribution in [2.24, 2.45) is 5.73 Å². The van der Waals surface area contributed by atoms with Crippen LogP contribution < -0.4 is 10.5 Å². The van der Waals surface area contributed by atoms with Gasteiger partial charge in [0.05, 0.1) is 24.4 Å². The number of ether oxygens (including phenoxy) is 1. The first-order chi connectivity index (χ1) is 8.69. The molecule has 0 amide bonds. The number of pyridine rings is 1. The lowest BCUT2D eigenvalue weighted by Crippen LogP contribution is -2.18. The first-order valence-corrected chi connectivity index (χ1v) is 6.01. The number of rotatable bonds is 4. The summed E-state index contributed by atoms with van der Waals surface area (Å²) in [6.45, 7) is 2.71. The molecule has 2 aromatic heterocycles. The third kappa shape index (κ3) is 2.19. The van der Waals surface area contributed by atoms with Gasteiger partial charge in [0.25, 0.3) is 0 Å². The van der Waals surface area contributed by atoms with Gasteiger partial charge in [-0.25, -0.2) is 0 Å². The van der Waals surface area contributed by atoms with Crippen molar-refractivity contribution in [1.82, 2.24) is 14.8 Å². The molecule has 2 heterocycles. The van der Waals surface area contributed by atoms with Crippen LogP contribution in [0.3, 0.4) is 0 Å². The zero-order valence-corrected chi connectivity index (χ0v) is 11.1. The average molecular weight is 267 g/mol. The van der Waals surface area contributed by atoms with Crippen LogP contribution in [-0.4, -0.2) is 21.9 Å². The van der Waals surface area contributed by atoms with Gasteiger partial charge in [-0.15, -0.1) is 0 Å². The van der Waals surface area contributed by atoms with Crippen LogP contribution in [0.4, 0.5) is 0 Å². The van der Waals surface area contributed by atoms with Crippen LogP contribution in [0.1, 0.15) is 24.2 Å². The molecule has 6 heteroatoms. The minimum Gasteiger partial charge on any atom is -0.493 e. The van der Waals surface area contributed by atoms with E-state index in [1.165, 1.54) is 0 Å². The molecule has 96 valence electrons. The SMILES string of the molecule is CCn1ncc(OC)c1C(N)c1ccncc1Cl. The van der Waals surface area contributed by atoms with E-state index in [0.29, 0.717) is 10.8 Å². The lowest BCUT2D eigenvalue weighted by Gasteiger charge is -2.16. The normalized spacial score (nSPS) is 12.4. The molecule has 1 atom stereocenters. The Hall–Kier alpha value is -1.59. The number of nitrogens with zero attached hydrogens (tertiary/aromatic N) is 3. The molecule has 0 bridgehead atoms. The number of aromatic nitrogens is 3. The summed E-state index contributed by atoms with van der Waals surface area (Å²) in [6.07, 6.45) is 4.91. The summed E-state index contributed by atoms with van der Waals surface area (Å²) in [5.74, 6) is 0.664. The molecule has 0 saturated carbocycles. The Morgan fingerprint density at radius 1 is 1.50 bits per heavy atom. The number of hydrogen-bond acceptors (Lipinski definition) is 4. The summed E-state index contributed by atoms with van der Waals surface area (Å²) in [6, 6.07) is 1.41. The van der Waals surface area contributed by atoms with Crippen molar-refractivity contribution in [2.75, 3.05) is 7.11 Å². The zero-order chi connectivity index (χ0) is 13.1. The third-order valence-corrected chi connectivity index (χ3v) is 3.11. The van der Waals surface area contributed by atoms with Crippen molar-refractivity contribution >= 4 is 11.6 Å². The average Bonchev–Trinajstić information content (AvgIpc) is 2.81. The summed E-state index contributed by atoms with van der Waals surface area (Å²) < 4.78 is 7.09. The van der Waals surface area contributed by atoms with E-state index >= 15 is 0 Å². The molecule has 0 saturated heterocycles. The molecular formula is C12H15ClN4O. The molecular weight excluding hydrogens is 252 g/mol. The number of halogens is 1. The van der Waals surface area contributed by atoms with E-state index < -0.39 is 6.04 Å². The van der Waals surface area contributed by atoms with Gasteiger partial charge in [-0.1, -0.05) is 11.6 Å². The van der Waals surface area contributed by atoms with Gasteiger partial charge in [0.15, 0.2) is 5.75 Å². The van der Waals surface area contributed by atoms with E-state index in [0.717, 1.165) is 17.8 Å². The molecule has 0 radical (unpaired) electrons. The Morgan fingerprint density at radius 3 is 2.89 bits per heavy atom. The molecule has 1 unspecified atom stereocenters. The van der Waals surface area contributed by atoms with Crippen molar-refractivity contribution in [1.29, 1.82) is 0 Å². The summed E-state index contributed by atoms with van der Waals surface area (Å²) in [7, 11) is 1.60. The van der Waals surface area contributed by atoms with Crippen LogP contribution in [0.25, 0.3) is 0 Å². The molecule has 0 aliphatic heterocycles. The van der Waals surface area contributed by atoms with E-state index in [-0.39, 0.29) is 0 Å². The van der Waals surface area contributed by atoms with Crippen LogP contribution in [0.15, 0.2) is 24.7 Å². The molecule has 2 rings (SSSR count). The van der Waals surface area contributed by atoms with Crippen LogP contribution in [0.2, 0.25) is 5.02 Å². The van der Waals surface area contributed by atoms with Gasteiger partial charge in [-0.3, -0.25) is 9.67 Å². The minimum atomic E-state index is -0.391. The molecule has 0 fully saturated rings. The molecule has 0 spiro atoms. The summed E-state index contributed by atoms with van der Waals surface area (Å²) in [5, 5.41) is 4.77. The van der Waals surface area contributed by atoms with Crippen molar-refractivity contribution in [3.63, 3.8) is 0 Å². The highest BCUT2D eigenvalue weighted by Gasteiger charge is 2.21. The van der Waals surface area contributed by atoms with Gasteiger partial charge in [-0.05, 0) is 18.6 Å². The van der Waals surface area contributed by atoms with Crippen LogP contribution in [0, 0.1) is 0 Å². The second-order valence-electron chi connectivity index (χ2n) is 3.79. The topological polar surface area (TPSA) is 66.0 Å². The standard InChI is InChI=1S/C12H15ClN4O/c1-3-17-12(10(18-2)7-16-17)11(14)8-4-5-15-6-9(8)13/h4-7,11H,3,14H2,1-2H3. The van der Waals surface area contributed by atoms with Crippen molar-refractivity contribution in [3.8, 4) is 5.75 Å². The van der Waals surface area contributed by atoms with E-state index in [4.69, 9.17) is 22.1 Å². The van der Waals surface area contributed by atoms with Crippen molar-refractivity contribution in [2.45, 2.75) is 19.5 Å². The smallest absolute Gasteiger partial charge is 0.161 e. The fourth-order valence-corrected chi connectivity index (χ4v) is 2.12. The van der Waals surface area contributed by atoms with Crippen LogP contribution in [0.5, 0.6) is 5.75 Å². The van der Waals surface area contributed by atoms with Gasteiger partial charge < -0.3 is 10.5 Å². The zero-order valence-electron chi connectivity index (χ0n) is 10.3. The quantitative estimate of drug-likeness (QED) is 0.919. The lowest BCUT2D eigenvalue weighted by atomic mass is 10.1. The van der Waals surface area contributed by atoms with Gasteiger partial charge in [0, 0.05) is 18.9 Å². The second kappa shape index (κ2) is 5.37. The Kier molecular flexibility index (Phi) is 3.84. The molecule has 5 nitrogen and oxygen atoms in total. The molecule has 2 N–H and O–H groups in total.